The molecule has 0 spiro atoms. The van der Waals surface area contributed by atoms with Crippen molar-refractivity contribution in [1.29, 1.82) is 0 Å². The van der Waals surface area contributed by atoms with E-state index < -0.39 is 10.0 Å². The van der Waals surface area contributed by atoms with Crippen molar-refractivity contribution in [2.24, 2.45) is 0 Å². The number of benzene rings is 1. The first-order chi connectivity index (χ1) is 9.50. The SMILES string of the molecule is O=S(=O)(c1cc(Cl)c(Br)s1)N1CCCc2ccccc21. The van der Waals surface area contributed by atoms with Crippen molar-refractivity contribution in [3.63, 3.8) is 0 Å². The van der Waals surface area contributed by atoms with E-state index in [0.29, 0.717) is 15.4 Å². The number of thiophene rings is 1. The average molecular weight is 393 g/mol. The number of hydrogen-bond acceptors (Lipinski definition) is 3. The van der Waals surface area contributed by atoms with E-state index in [9.17, 15) is 8.42 Å². The minimum atomic E-state index is -3.54. The number of nitrogens with zero attached hydrogens (tertiary/aromatic N) is 1. The molecule has 3 nitrogen and oxygen atoms in total. The number of sulfonamides is 1. The molecule has 3 rings (SSSR count). The Morgan fingerprint density at radius 1 is 1.30 bits per heavy atom. The van der Waals surface area contributed by atoms with Crippen molar-refractivity contribution in [2.75, 3.05) is 10.8 Å². The summed E-state index contributed by atoms with van der Waals surface area (Å²) in [6.45, 7) is 0.506. The first-order valence-corrected chi connectivity index (χ1v) is 9.48. The van der Waals surface area contributed by atoms with Crippen LogP contribution < -0.4 is 4.31 Å². The number of fused-ring (bicyclic) bond motifs is 1. The standard InChI is InChI=1S/C13H11BrClNO2S2/c14-13-10(15)8-12(19-13)20(17,18)16-7-3-5-9-4-1-2-6-11(9)16/h1-2,4,6,8H,3,5,7H2. The Balaban J connectivity index is 2.09. The van der Waals surface area contributed by atoms with Gasteiger partial charge in [0, 0.05) is 6.54 Å². The van der Waals surface area contributed by atoms with Crippen LogP contribution in [0.3, 0.4) is 0 Å². The normalized spacial score (nSPS) is 15.2. The number of anilines is 1. The maximum atomic E-state index is 12.8. The molecule has 106 valence electrons. The van der Waals surface area contributed by atoms with Crippen molar-refractivity contribution in [3.8, 4) is 0 Å². The Morgan fingerprint density at radius 3 is 2.75 bits per heavy atom. The molecule has 0 saturated heterocycles. The number of aryl methyl sites for hydroxylation is 1. The summed E-state index contributed by atoms with van der Waals surface area (Å²) in [6, 6.07) is 9.14. The molecule has 7 heteroatoms. The summed E-state index contributed by atoms with van der Waals surface area (Å²) in [5.41, 5.74) is 1.85. The second kappa shape index (κ2) is 5.33. The summed E-state index contributed by atoms with van der Waals surface area (Å²) in [6.07, 6.45) is 1.74. The van der Waals surface area contributed by atoms with Crippen molar-refractivity contribution < 1.29 is 8.42 Å². The van der Waals surface area contributed by atoms with Gasteiger partial charge in [0.2, 0.25) is 0 Å². The highest BCUT2D eigenvalue weighted by Crippen LogP contribution is 2.38. The minimum Gasteiger partial charge on any atom is -0.265 e. The van der Waals surface area contributed by atoms with E-state index >= 15 is 0 Å². The molecule has 0 atom stereocenters. The minimum absolute atomic E-state index is 0.270. The number of halogens is 2. The van der Waals surface area contributed by atoms with E-state index in [1.54, 1.807) is 0 Å². The highest BCUT2D eigenvalue weighted by atomic mass is 79.9. The van der Waals surface area contributed by atoms with Crippen LogP contribution in [0.5, 0.6) is 0 Å². The number of hydrogen-bond donors (Lipinski definition) is 0. The van der Waals surface area contributed by atoms with Crippen LogP contribution >= 0.6 is 38.9 Å². The van der Waals surface area contributed by atoms with Gasteiger partial charge in [-0.05, 0) is 46.5 Å². The maximum absolute atomic E-state index is 12.8. The molecule has 0 bridgehead atoms. The van der Waals surface area contributed by atoms with Crippen LogP contribution in [0.2, 0.25) is 5.02 Å². The predicted octanol–water partition coefficient (Wildman–Crippen LogP) is 4.31. The van der Waals surface area contributed by atoms with Gasteiger partial charge < -0.3 is 0 Å². The molecule has 1 aliphatic rings. The van der Waals surface area contributed by atoms with Gasteiger partial charge in [0.1, 0.15) is 4.21 Å². The topological polar surface area (TPSA) is 37.4 Å². The van der Waals surface area contributed by atoms with Gasteiger partial charge in [-0.2, -0.15) is 0 Å². The van der Waals surface area contributed by atoms with Crippen LogP contribution in [0.15, 0.2) is 38.3 Å². The maximum Gasteiger partial charge on any atom is 0.273 e. The molecule has 0 N–H and O–H groups in total. The Morgan fingerprint density at radius 2 is 2.05 bits per heavy atom. The molecule has 0 fully saturated rings. The van der Waals surface area contributed by atoms with Gasteiger partial charge in [-0.15, -0.1) is 11.3 Å². The number of para-hydroxylation sites is 1. The summed E-state index contributed by atoms with van der Waals surface area (Å²) in [4.78, 5) is 0. The zero-order valence-electron chi connectivity index (χ0n) is 10.3. The summed E-state index contributed by atoms with van der Waals surface area (Å²) in [5, 5.41) is 0.430. The van der Waals surface area contributed by atoms with E-state index in [2.05, 4.69) is 15.9 Å². The summed E-state index contributed by atoms with van der Waals surface area (Å²) >= 11 is 10.4. The fourth-order valence-electron chi connectivity index (χ4n) is 2.31. The van der Waals surface area contributed by atoms with Gasteiger partial charge in [0.15, 0.2) is 0 Å². The predicted molar refractivity (Wildman–Crippen MR) is 86.3 cm³/mol. The zero-order valence-corrected chi connectivity index (χ0v) is 14.3. The largest absolute Gasteiger partial charge is 0.273 e. The fourth-order valence-corrected chi connectivity index (χ4v) is 6.37. The zero-order chi connectivity index (χ0) is 14.3. The van der Waals surface area contributed by atoms with E-state index in [1.807, 2.05) is 24.3 Å². The van der Waals surface area contributed by atoms with Crippen molar-refractivity contribution in [2.45, 2.75) is 17.1 Å². The highest BCUT2D eigenvalue weighted by Gasteiger charge is 2.30. The van der Waals surface area contributed by atoms with E-state index in [0.717, 1.165) is 35.4 Å². The monoisotopic (exact) mass is 391 g/mol. The van der Waals surface area contributed by atoms with Crippen molar-refractivity contribution in [3.05, 3.63) is 44.7 Å². The van der Waals surface area contributed by atoms with E-state index in [1.165, 1.54) is 10.4 Å². The van der Waals surface area contributed by atoms with Crippen LogP contribution in [0.25, 0.3) is 0 Å². The van der Waals surface area contributed by atoms with Gasteiger partial charge in [0.25, 0.3) is 10.0 Å². The van der Waals surface area contributed by atoms with Crippen molar-refractivity contribution >= 4 is 54.6 Å². The Labute approximate surface area is 135 Å². The molecule has 2 heterocycles. The molecule has 0 radical (unpaired) electrons. The smallest absolute Gasteiger partial charge is 0.265 e. The van der Waals surface area contributed by atoms with Crippen LogP contribution in [0, 0.1) is 0 Å². The van der Waals surface area contributed by atoms with Crippen LogP contribution in [0.4, 0.5) is 5.69 Å². The van der Waals surface area contributed by atoms with E-state index in [-0.39, 0.29) is 4.21 Å². The van der Waals surface area contributed by atoms with Crippen LogP contribution in [0.1, 0.15) is 12.0 Å². The molecule has 2 aromatic rings. The molecule has 0 aliphatic carbocycles. The second-order valence-electron chi connectivity index (χ2n) is 4.50. The quantitative estimate of drug-likeness (QED) is 0.764. The third-order valence-corrected chi connectivity index (χ3v) is 7.97. The third-order valence-electron chi connectivity index (χ3n) is 3.23. The average Bonchev–Trinajstić information content (AvgIpc) is 2.79. The third kappa shape index (κ3) is 2.39. The molecule has 0 amide bonds. The van der Waals surface area contributed by atoms with Crippen molar-refractivity contribution in [1.82, 2.24) is 0 Å². The lowest BCUT2D eigenvalue weighted by Gasteiger charge is -2.29. The fraction of sp³-hybridized carbons (Fsp3) is 0.231. The summed E-state index contributed by atoms with van der Waals surface area (Å²) in [7, 11) is -3.54. The molecular formula is C13H11BrClNO2S2. The molecule has 0 unspecified atom stereocenters. The lowest BCUT2D eigenvalue weighted by atomic mass is 10.0. The molecule has 1 aromatic carbocycles. The molecule has 0 saturated carbocycles. The van der Waals surface area contributed by atoms with Crippen LogP contribution in [-0.4, -0.2) is 15.0 Å². The second-order valence-corrected chi connectivity index (χ2v) is 9.36. The lowest BCUT2D eigenvalue weighted by molar-refractivity contribution is 0.588. The molecule has 1 aliphatic heterocycles. The molecule has 1 aromatic heterocycles. The highest BCUT2D eigenvalue weighted by molar-refractivity contribution is 9.11. The summed E-state index contributed by atoms with van der Waals surface area (Å²) < 4.78 is 27.9. The van der Waals surface area contributed by atoms with Gasteiger partial charge in [-0.3, -0.25) is 4.31 Å². The van der Waals surface area contributed by atoms with Gasteiger partial charge in [-0.1, -0.05) is 29.8 Å². The Bertz CT molecular complexity index is 738. The number of rotatable bonds is 2. The molecular weight excluding hydrogens is 382 g/mol. The Kier molecular flexibility index (Phi) is 3.83. The Hall–Kier alpha value is -0.560. The van der Waals surface area contributed by atoms with E-state index in [4.69, 9.17) is 11.6 Å². The molecule has 20 heavy (non-hydrogen) atoms. The van der Waals surface area contributed by atoms with Gasteiger partial charge in [0.05, 0.1) is 14.5 Å². The first kappa shape index (κ1) is 14.4. The summed E-state index contributed by atoms with van der Waals surface area (Å²) in [5.74, 6) is 0. The van der Waals surface area contributed by atoms with Crippen LogP contribution in [-0.2, 0) is 16.4 Å². The first-order valence-electron chi connectivity index (χ1n) is 6.05. The van der Waals surface area contributed by atoms with Gasteiger partial charge >= 0.3 is 0 Å². The van der Waals surface area contributed by atoms with Gasteiger partial charge in [-0.25, -0.2) is 8.42 Å². The lowest BCUT2D eigenvalue weighted by Crippen LogP contribution is -2.35.